The summed E-state index contributed by atoms with van der Waals surface area (Å²) < 4.78 is 17.6. The SMILES string of the molecule is Nc1ncsc1C(=O)Oc1ccc(F)cc1. The van der Waals surface area contributed by atoms with E-state index in [1.807, 2.05) is 0 Å². The van der Waals surface area contributed by atoms with Gasteiger partial charge in [0.05, 0.1) is 5.51 Å². The molecule has 0 aliphatic carbocycles. The first kappa shape index (κ1) is 10.6. The van der Waals surface area contributed by atoms with E-state index in [-0.39, 0.29) is 16.4 Å². The van der Waals surface area contributed by atoms with Gasteiger partial charge in [-0.2, -0.15) is 0 Å². The fourth-order valence-corrected chi connectivity index (χ4v) is 1.65. The Kier molecular flexibility index (Phi) is 2.82. The molecule has 2 N–H and O–H groups in total. The van der Waals surface area contributed by atoms with E-state index in [9.17, 15) is 9.18 Å². The Morgan fingerprint density at radius 3 is 2.62 bits per heavy atom. The Bertz CT molecular complexity index is 510. The molecule has 0 bridgehead atoms. The van der Waals surface area contributed by atoms with Crippen molar-refractivity contribution >= 4 is 23.1 Å². The second kappa shape index (κ2) is 4.28. The molecule has 2 aromatic rings. The van der Waals surface area contributed by atoms with Gasteiger partial charge in [0.2, 0.25) is 0 Å². The third-order valence-electron chi connectivity index (χ3n) is 1.80. The van der Waals surface area contributed by atoms with Crippen molar-refractivity contribution in [2.24, 2.45) is 0 Å². The number of ether oxygens (including phenoxy) is 1. The van der Waals surface area contributed by atoms with Crippen molar-refractivity contribution in [3.8, 4) is 5.75 Å². The first-order valence-electron chi connectivity index (χ1n) is 4.33. The average Bonchev–Trinajstić information content (AvgIpc) is 2.68. The van der Waals surface area contributed by atoms with E-state index < -0.39 is 11.8 Å². The summed E-state index contributed by atoms with van der Waals surface area (Å²) in [5.74, 6) is -0.583. The lowest BCUT2D eigenvalue weighted by molar-refractivity contribution is 0.0740. The highest BCUT2D eigenvalue weighted by Crippen LogP contribution is 2.19. The Labute approximate surface area is 94.5 Å². The predicted molar refractivity (Wildman–Crippen MR) is 57.9 cm³/mol. The van der Waals surface area contributed by atoms with Crippen LogP contribution >= 0.6 is 11.3 Å². The molecule has 0 atom stereocenters. The number of aromatic nitrogens is 1. The first-order valence-corrected chi connectivity index (χ1v) is 5.21. The minimum atomic E-state index is -0.591. The Morgan fingerprint density at radius 1 is 1.38 bits per heavy atom. The zero-order chi connectivity index (χ0) is 11.5. The summed E-state index contributed by atoms with van der Waals surface area (Å²) >= 11 is 1.10. The zero-order valence-electron chi connectivity index (χ0n) is 8.01. The molecule has 1 aromatic heterocycles. The van der Waals surface area contributed by atoms with Gasteiger partial charge in [-0.3, -0.25) is 0 Å². The van der Waals surface area contributed by atoms with Crippen LogP contribution in [-0.4, -0.2) is 11.0 Å². The molecule has 0 aliphatic rings. The average molecular weight is 238 g/mol. The predicted octanol–water partition coefficient (Wildman–Crippen LogP) is 2.08. The molecular weight excluding hydrogens is 231 g/mol. The van der Waals surface area contributed by atoms with Crippen LogP contribution in [0.25, 0.3) is 0 Å². The second-order valence-corrected chi connectivity index (χ2v) is 3.76. The molecule has 0 saturated heterocycles. The highest BCUT2D eigenvalue weighted by Gasteiger charge is 2.14. The number of anilines is 1. The van der Waals surface area contributed by atoms with Gasteiger partial charge < -0.3 is 10.5 Å². The van der Waals surface area contributed by atoms with E-state index in [2.05, 4.69) is 4.98 Å². The lowest BCUT2D eigenvalue weighted by Gasteiger charge is -2.02. The number of hydrogen-bond donors (Lipinski definition) is 1. The lowest BCUT2D eigenvalue weighted by Crippen LogP contribution is -2.08. The maximum Gasteiger partial charge on any atom is 0.357 e. The Hall–Kier alpha value is -1.95. The van der Waals surface area contributed by atoms with Crippen molar-refractivity contribution in [2.45, 2.75) is 0 Å². The minimum absolute atomic E-state index is 0.136. The van der Waals surface area contributed by atoms with E-state index in [0.717, 1.165) is 11.3 Å². The van der Waals surface area contributed by atoms with Crippen LogP contribution in [0.2, 0.25) is 0 Å². The van der Waals surface area contributed by atoms with Gasteiger partial charge in [-0.15, -0.1) is 11.3 Å². The van der Waals surface area contributed by atoms with Crippen LogP contribution in [-0.2, 0) is 0 Å². The Balaban J connectivity index is 2.14. The number of nitrogen functional groups attached to an aromatic ring is 1. The molecule has 1 aromatic carbocycles. The number of hydrogen-bond acceptors (Lipinski definition) is 5. The maximum absolute atomic E-state index is 12.6. The molecule has 82 valence electrons. The monoisotopic (exact) mass is 238 g/mol. The van der Waals surface area contributed by atoms with Gasteiger partial charge in [0.25, 0.3) is 0 Å². The quantitative estimate of drug-likeness (QED) is 0.642. The van der Waals surface area contributed by atoms with Crippen LogP contribution in [0.5, 0.6) is 5.75 Å². The summed E-state index contributed by atoms with van der Waals surface area (Å²) in [6, 6.07) is 5.15. The second-order valence-electron chi connectivity index (χ2n) is 2.91. The molecule has 0 unspecified atom stereocenters. The van der Waals surface area contributed by atoms with Gasteiger partial charge in [-0.1, -0.05) is 0 Å². The smallest absolute Gasteiger partial charge is 0.357 e. The topological polar surface area (TPSA) is 65.2 Å². The number of thiazole rings is 1. The zero-order valence-corrected chi connectivity index (χ0v) is 8.83. The molecule has 0 aliphatic heterocycles. The number of nitrogens with two attached hydrogens (primary N) is 1. The van der Waals surface area contributed by atoms with Gasteiger partial charge in [-0.25, -0.2) is 14.2 Å². The molecule has 4 nitrogen and oxygen atoms in total. The van der Waals surface area contributed by atoms with Crippen molar-refractivity contribution < 1.29 is 13.9 Å². The van der Waals surface area contributed by atoms with E-state index >= 15 is 0 Å². The molecule has 0 radical (unpaired) electrons. The number of rotatable bonds is 2. The van der Waals surface area contributed by atoms with Gasteiger partial charge in [0.1, 0.15) is 17.4 Å². The largest absolute Gasteiger partial charge is 0.422 e. The minimum Gasteiger partial charge on any atom is -0.422 e. The van der Waals surface area contributed by atoms with Crippen LogP contribution in [0.3, 0.4) is 0 Å². The van der Waals surface area contributed by atoms with Crippen molar-refractivity contribution in [2.75, 3.05) is 5.73 Å². The summed E-state index contributed by atoms with van der Waals surface area (Å²) in [6.45, 7) is 0. The standard InChI is InChI=1S/C10H7FN2O2S/c11-6-1-3-7(4-2-6)15-10(14)8-9(12)13-5-16-8/h1-5H,12H2. The van der Waals surface area contributed by atoms with E-state index in [4.69, 9.17) is 10.5 Å². The number of carbonyl (C=O) groups is 1. The fraction of sp³-hybridized carbons (Fsp3) is 0. The number of carbonyl (C=O) groups excluding carboxylic acids is 1. The molecule has 6 heteroatoms. The molecule has 0 amide bonds. The van der Waals surface area contributed by atoms with E-state index in [1.165, 1.54) is 29.8 Å². The highest BCUT2D eigenvalue weighted by molar-refractivity contribution is 7.12. The number of esters is 1. The summed E-state index contributed by atoms with van der Waals surface area (Å²) in [6.07, 6.45) is 0. The number of benzene rings is 1. The lowest BCUT2D eigenvalue weighted by atomic mass is 10.3. The normalized spacial score (nSPS) is 10.1. The molecule has 0 spiro atoms. The van der Waals surface area contributed by atoms with Gasteiger partial charge in [-0.05, 0) is 24.3 Å². The number of nitrogens with zero attached hydrogens (tertiary/aromatic N) is 1. The van der Waals surface area contributed by atoms with Crippen LogP contribution < -0.4 is 10.5 Å². The summed E-state index contributed by atoms with van der Waals surface area (Å²) in [4.78, 5) is 15.5. The third kappa shape index (κ3) is 2.17. The van der Waals surface area contributed by atoms with Crippen LogP contribution in [0.1, 0.15) is 9.67 Å². The molecular formula is C10H7FN2O2S. The van der Waals surface area contributed by atoms with Crippen molar-refractivity contribution in [1.82, 2.24) is 4.98 Å². The van der Waals surface area contributed by atoms with Crippen molar-refractivity contribution in [3.05, 3.63) is 40.5 Å². The first-order chi connectivity index (χ1) is 7.66. The van der Waals surface area contributed by atoms with Crippen LogP contribution in [0.4, 0.5) is 10.2 Å². The number of halogens is 1. The maximum atomic E-state index is 12.6. The van der Waals surface area contributed by atoms with Crippen molar-refractivity contribution in [1.29, 1.82) is 0 Å². The summed E-state index contributed by atoms with van der Waals surface area (Å²) in [5.41, 5.74) is 6.91. The van der Waals surface area contributed by atoms with E-state index in [1.54, 1.807) is 0 Å². The van der Waals surface area contributed by atoms with E-state index in [0.29, 0.717) is 0 Å². The summed E-state index contributed by atoms with van der Waals surface area (Å²) in [5, 5.41) is 0. The molecule has 2 rings (SSSR count). The van der Waals surface area contributed by atoms with Crippen LogP contribution in [0.15, 0.2) is 29.8 Å². The third-order valence-corrected chi connectivity index (χ3v) is 2.63. The summed E-state index contributed by atoms with van der Waals surface area (Å²) in [7, 11) is 0. The molecule has 1 heterocycles. The molecule has 0 saturated carbocycles. The van der Waals surface area contributed by atoms with Gasteiger partial charge in [0, 0.05) is 0 Å². The Morgan fingerprint density at radius 2 is 2.06 bits per heavy atom. The van der Waals surface area contributed by atoms with Gasteiger partial charge in [0.15, 0.2) is 4.88 Å². The van der Waals surface area contributed by atoms with Crippen molar-refractivity contribution in [3.63, 3.8) is 0 Å². The fourth-order valence-electron chi connectivity index (χ4n) is 1.06. The highest BCUT2D eigenvalue weighted by atomic mass is 32.1. The van der Waals surface area contributed by atoms with Gasteiger partial charge >= 0.3 is 5.97 Å². The molecule has 16 heavy (non-hydrogen) atoms. The van der Waals surface area contributed by atoms with Crippen LogP contribution in [0, 0.1) is 5.82 Å². The molecule has 0 fully saturated rings.